The Bertz CT molecular complexity index is 1170. The van der Waals surface area contributed by atoms with Crippen LogP contribution in [0.1, 0.15) is 27.4 Å². The monoisotopic (exact) mass is 462 g/mol. The van der Waals surface area contributed by atoms with E-state index in [2.05, 4.69) is 61.9 Å². The molecule has 4 rings (SSSR count). The zero-order chi connectivity index (χ0) is 22.3. The van der Waals surface area contributed by atoms with Crippen LogP contribution in [0.2, 0.25) is 0 Å². The SMILES string of the molecule is Cc1cccc(NC(=O)CSc2nnc(Cc3cccs3)n2CCc2ccccc2)c1C. The van der Waals surface area contributed by atoms with Crippen LogP contribution in [0.25, 0.3) is 0 Å². The van der Waals surface area contributed by atoms with Gasteiger partial charge >= 0.3 is 0 Å². The summed E-state index contributed by atoms with van der Waals surface area (Å²) in [5, 5.41) is 14.8. The van der Waals surface area contributed by atoms with Gasteiger partial charge in [-0.25, -0.2) is 0 Å². The topological polar surface area (TPSA) is 59.8 Å². The first-order valence-electron chi connectivity index (χ1n) is 10.6. The molecule has 164 valence electrons. The number of aryl methyl sites for hydroxylation is 2. The first-order chi connectivity index (χ1) is 15.6. The fraction of sp³-hybridized carbons (Fsp3) is 0.240. The first kappa shape index (κ1) is 22.3. The summed E-state index contributed by atoms with van der Waals surface area (Å²) in [6, 6.07) is 20.5. The minimum absolute atomic E-state index is 0.0406. The number of anilines is 1. The van der Waals surface area contributed by atoms with Gasteiger partial charge < -0.3 is 9.88 Å². The number of amides is 1. The molecule has 0 saturated carbocycles. The number of nitrogens with one attached hydrogen (secondary N) is 1. The molecule has 0 aliphatic carbocycles. The molecule has 0 radical (unpaired) electrons. The van der Waals surface area contributed by atoms with Crippen molar-refractivity contribution < 1.29 is 4.79 Å². The molecule has 2 aromatic carbocycles. The Morgan fingerprint density at radius 3 is 2.66 bits per heavy atom. The number of thioether (sulfide) groups is 1. The maximum Gasteiger partial charge on any atom is 0.234 e. The molecule has 1 amide bonds. The number of hydrogen-bond acceptors (Lipinski definition) is 5. The van der Waals surface area contributed by atoms with Crippen LogP contribution in [0.3, 0.4) is 0 Å². The van der Waals surface area contributed by atoms with Gasteiger partial charge in [0.25, 0.3) is 0 Å². The van der Waals surface area contributed by atoms with Crippen LogP contribution >= 0.6 is 23.1 Å². The van der Waals surface area contributed by atoms with Crippen molar-refractivity contribution in [3.8, 4) is 0 Å². The lowest BCUT2D eigenvalue weighted by Gasteiger charge is -2.11. The third kappa shape index (κ3) is 5.66. The van der Waals surface area contributed by atoms with E-state index < -0.39 is 0 Å². The Hall–Kier alpha value is -2.90. The van der Waals surface area contributed by atoms with Crippen molar-refractivity contribution in [1.82, 2.24) is 14.8 Å². The number of rotatable bonds is 9. The summed E-state index contributed by atoms with van der Waals surface area (Å²) in [4.78, 5) is 13.9. The molecule has 0 atom stereocenters. The smallest absolute Gasteiger partial charge is 0.234 e. The van der Waals surface area contributed by atoms with Gasteiger partial charge in [0.15, 0.2) is 5.16 Å². The van der Waals surface area contributed by atoms with Gasteiger partial charge in [0, 0.05) is 23.5 Å². The number of carbonyl (C=O) groups excluding carboxylic acids is 1. The molecular formula is C25H26N4OS2. The minimum Gasteiger partial charge on any atom is -0.325 e. The van der Waals surface area contributed by atoms with Crippen molar-refractivity contribution >= 4 is 34.7 Å². The second-order valence-electron chi connectivity index (χ2n) is 7.63. The highest BCUT2D eigenvalue weighted by Gasteiger charge is 2.16. The van der Waals surface area contributed by atoms with Crippen LogP contribution < -0.4 is 5.32 Å². The van der Waals surface area contributed by atoms with Crippen molar-refractivity contribution in [3.05, 3.63) is 93.4 Å². The predicted octanol–water partition coefficient (Wildman–Crippen LogP) is 5.52. The highest BCUT2D eigenvalue weighted by Crippen LogP contribution is 2.23. The van der Waals surface area contributed by atoms with Gasteiger partial charge in [0.2, 0.25) is 5.91 Å². The molecule has 32 heavy (non-hydrogen) atoms. The third-order valence-corrected chi connectivity index (χ3v) is 7.23. The van der Waals surface area contributed by atoms with E-state index in [1.807, 2.05) is 38.1 Å². The number of aromatic nitrogens is 3. The van der Waals surface area contributed by atoms with Gasteiger partial charge in [0.05, 0.1) is 5.75 Å². The van der Waals surface area contributed by atoms with Gasteiger partial charge in [-0.05, 0) is 54.5 Å². The van der Waals surface area contributed by atoms with E-state index in [9.17, 15) is 4.79 Å². The predicted molar refractivity (Wildman–Crippen MR) is 133 cm³/mol. The zero-order valence-electron chi connectivity index (χ0n) is 18.2. The molecule has 5 nitrogen and oxygen atoms in total. The quantitative estimate of drug-likeness (QED) is 0.333. The molecule has 0 unspecified atom stereocenters. The highest BCUT2D eigenvalue weighted by molar-refractivity contribution is 7.99. The molecule has 7 heteroatoms. The Labute approximate surface area is 196 Å². The second-order valence-corrected chi connectivity index (χ2v) is 9.60. The van der Waals surface area contributed by atoms with E-state index in [-0.39, 0.29) is 11.7 Å². The molecule has 0 fully saturated rings. The summed E-state index contributed by atoms with van der Waals surface area (Å²) in [7, 11) is 0. The van der Waals surface area contributed by atoms with E-state index in [1.54, 1.807) is 11.3 Å². The molecule has 0 bridgehead atoms. The van der Waals surface area contributed by atoms with Crippen LogP contribution in [0.4, 0.5) is 5.69 Å². The number of benzene rings is 2. The average Bonchev–Trinajstić information content (AvgIpc) is 3.45. The average molecular weight is 463 g/mol. The summed E-state index contributed by atoms with van der Waals surface area (Å²) < 4.78 is 2.16. The standard InChI is InChI=1S/C25H26N4OS2/c1-18-8-6-12-22(19(18)2)26-24(30)17-32-25-28-27-23(16-21-11-7-15-31-21)29(25)14-13-20-9-4-3-5-10-20/h3-12,15H,13-14,16-17H2,1-2H3,(H,26,30). The van der Waals surface area contributed by atoms with E-state index in [0.29, 0.717) is 0 Å². The van der Waals surface area contributed by atoms with Crippen LogP contribution in [0.15, 0.2) is 71.2 Å². The van der Waals surface area contributed by atoms with Gasteiger partial charge in [-0.3, -0.25) is 4.79 Å². The number of nitrogens with zero attached hydrogens (tertiary/aromatic N) is 3. The van der Waals surface area contributed by atoms with Crippen LogP contribution in [-0.4, -0.2) is 26.4 Å². The van der Waals surface area contributed by atoms with Gasteiger partial charge in [-0.2, -0.15) is 0 Å². The normalized spacial score (nSPS) is 10.9. The second kappa shape index (κ2) is 10.6. The molecular weight excluding hydrogens is 436 g/mol. The fourth-order valence-corrected chi connectivity index (χ4v) is 4.92. The Kier molecular flexibility index (Phi) is 7.39. The van der Waals surface area contributed by atoms with Gasteiger partial charge in [-0.1, -0.05) is 60.3 Å². The minimum atomic E-state index is -0.0406. The Morgan fingerprint density at radius 1 is 1.03 bits per heavy atom. The molecule has 0 aliphatic rings. The van der Waals surface area contributed by atoms with E-state index >= 15 is 0 Å². The first-order valence-corrected chi connectivity index (χ1v) is 12.4. The third-order valence-electron chi connectivity index (χ3n) is 5.38. The lowest BCUT2D eigenvalue weighted by atomic mass is 10.1. The summed E-state index contributed by atoms with van der Waals surface area (Å²) in [6.07, 6.45) is 1.63. The van der Waals surface area contributed by atoms with Crippen LogP contribution in [0, 0.1) is 13.8 Å². The van der Waals surface area contributed by atoms with Crippen molar-refractivity contribution in [2.45, 2.75) is 38.4 Å². The number of thiophene rings is 1. The zero-order valence-corrected chi connectivity index (χ0v) is 19.9. The maximum atomic E-state index is 12.6. The molecule has 4 aromatic rings. The summed E-state index contributed by atoms with van der Waals surface area (Å²) in [6.45, 7) is 4.85. The van der Waals surface area contributed by atoms with Crippen molar-refractivity contribution in [1.29, 1.82) is 0 Å². The van der Waals surface area contributed by atoms with Gasteiger partial charge in [-0.15, -0.1) is 21.5 Å². The summed E-state index contributed by atoms with van der Waals surface area (Å²) in [5.74, 6) is 1.18. The largest absolute Gasteiger partial charge is 0.325 e. The maximum absolute atomic E-state index is 12.6. The van der Waals surface area contributed by atoms with Gasteiger partial charge in [0.1, 0.15) is 5.82 Å². The van der Waals surface area contributed by atoms with E-state index in [4.69, 9.17) is 0 Å². The lowest BCUT2D eigenvalue weighted by molar-refractivity contribution is -0.113. The Morgan fingerprint density at radius 2 is 1.88 bits per heavy atom. The van der Waals surface area contributed by atoms with E-state index in [1.165, 1.54) is 22.2 Å². The van der Waals surface area contributed by atoms with E-state index in [0.717, 1.165) is 47.2 Å². The number of carbonyl (C=O) groups is 1. The van der Waals surface area contributed by atoms with Crippen molar-refractivity contribution in [2.24, 2.45) is 0 Å². The molecule has 2 heterocycles. The summed E-state index contributed by atoms with van der Waals surface area (Å²) >= 11 is 3.15. The number of hydrogen-bond donors (Lipinski definition) is 1. The summed E-state index contributed by atoms with van der Waals surface area (Å²) in [5.41, 5.74) is 4.39. The molecule has 0 spiro atoms. The fourth-order valence-electron chi connectivity index (χ4n) is 3.44. The van der Waals surface area contributed by atoms with Crippen LogP contribution in [-0.2, 0) is 24.2 Å². The molecule has 1 N–H and O–H groups in total. The van der Waals surface area contributed by atoms with Crippen molar-refractivity contribution in [2.75, 3.05) is 11.1 Å². The molecule has 2 aromatic heterocycles. The Balaban J connectivity index is 1.46. The molecule has 0 saturated heterocycles. The van der Waals surface area contributed by atoms with Crippen LogP contribution in [0.5, 0.6) is 0 Å². The molecule has 0 aliphatic heterocycles. The lowest BCUT2D eigenvalue weighted by Crippen LogP contribution is -2.16. The highest BCUT2D eigenvalue weighted by atomic mass is 32.2. The van der Waals surface area contributed by atoms with Crippen molar-refractivity contribution in [3.63, 3.8) is 0 Å².